The molecular formula is C28H32O2. The fourth-order valence-corrected chi connectivity index (χ4v) is 5.33. The molecule has 2 atom stereocenters. The van der Waals surface area contributed by atoms with Gasteiger partial charge < -0.3 is 10.2 Å². The average molecular weight is 401 g/mol. The maximum atomic E-state index is 11.6. The molecule has 0 aliphatic heterocycles. The molecular weight excluding hydrogens is 368 g/mol. The summed E-state index contributed by atoms with van der Waals surface area (Å²) in [5.41, 5.74) is 11.1. The summed E-state index contributed by atoms with van der Waals surface area (Å²) >= 11 is 0. The summed E-state index contributed by atoms with van der Waals surface area (Å²) < 4.78 is 0. The normalized spacial score (nSPS) is 20.6. The van der Waals surface area contributed by atoms with Crippen LogP contribution in [0.15, 0.2) is 48.5 Å². The van der Waals surface area contributed by atoms with Crippen molar-refractivity contribution in [3.63, 3.8) is 0 Å². The van der Waals surface area contributed by atoms with Crippen LogP contribution in [0.25, 0.3) is 0 Å². The quantitative estimate of drug-likeness (QED) is 0.560. The van der Waals surface area contributed by atoms with E-state index in [-0.39, 0.29) is 11.8 Å². The van der Waals surface area contributed by atoms with Gasteiger partial charge in [-0.05, 0) is 86.1 Å². The number of hydrogen-bond donors (Lipinski definition) is 2. The highest BCUT2D eigenvalue weighted by Gasteiger charge is 2.46. The maximum Gasteiger partial charge on any atom is 0.0861 e. The molecule has 4 rings (SSSR count). The third-order valence-electron chi connectivity index (χ3n) is 6.97. The van der Waals surface area contributed by atoms with Crippen LogP contribution in [0.5, 0.6) is 0 Å². The molecule has 3 aromatic rings. The van der Waals surface area contributed by atoms with Crippen molar-refractivity contribution in [3.8, 4) is 0 Å². The summed E-state index contributed by atoms with van der Waals surface area (Å²) in [5.74, 6) is -0.429. The SMILES string of the molecule is Cc1ccc(C)c(C(c2cc(C)ccc2C)C2C(O)c3c(C)ccc(C)c3C2O)c1. The van der Waals surface area contributed by atoms with Gasteiger partial charge in [0.15, 0.2) is 0 Å². The highest BCUT2D eigenvalue weighted by Crippen LogP contribution is 2.54. The Morgan fingerprint density at radius 1 is 0.567 bits per heavy atom. The summed E-state index contributed by atoms with van der Waals surface area (Å²) in [6, 6.07) is 17.1. The van der Waals surface area contributed by atoms with Gasteiger partial charge >= 0.3 is 0 Å². The van der Waals surface area contributed by atoms with Gasteiger partial charge in [-0.15, -0.1) is 0 Å². The highest BCUT2D eigenvalue weighted by molar-refractivity contribution is 5.51. The lowest BCUT2D eigenvalue weighted by Crippen LogP contribution is -2.24. The lowest BCUT2D eigenvalue weighted by Gasteiger charge is -2.32. The van der Waals surface area contributed by atoms with E-state index < -0.39 is 12.2 Å². The first-order chi connectivity index (χ1) is 14.2. The second-order valence-electron chi connectivity index (χ2n) is 9.19. The van der Waals surface area contributed by atoms with E-state index in [4.69, 9.17) is 0 Å². The molecule has 1 aliphatic rings. The number of benzene rings is 3. The Balaban J connectivity index is 1.98. The number of aryl methyl sites for hydroxylation is 6. The van der Waals surface area contributed by atoms with Crippen LogP contribution in [0.1, 0.15) is 73.8 Å². The molecule has 2 nitrogen and oxygen atoms in total. The molecule has 2 heteroatoms. The summed E-state index contributed by atoms with van der Waals surface area (Å²) in [6.07, 6.45) is -1.42. The van der Waals surface area contributed by atoms with E-state index in [1.54, 1.807) is 0 Å². The van der Waals surface area contributed by atoms with Gasteiger partial charge in [0.25, 0.3) is 0 Å². The van der Waals surface area contributed by atoms with Crippen LogP contribution >= 0.6 is 0 Å². The molecule has 0 heterocycles. The van der Waals surface area contributed by atoms with E-state index >= 15 is 0 Å². The van der Waals surface area contributed by atoms with Crippen LogP contribution in [0.2, 0.25) is 0 Å². The Labute approximate surface area is 180 Å². The first-order valence-electron chi connectivity index (χ1n) is 10.8. The minimum atomic E-state index is -0.709. The van der Waals surface area contributed by atoms with Gasteiger partial charge in [-0.25, -0.2) is 0 Å². The number of aliphatic hydroxyl groups is 2. The van der Waals surface area contributed by atoms with Crippen molar-refractivity contribution in [1.82, 2.24) is 0 Å². The minimum absolute atomic E-state index is 0.0963. The van der Waals surface area contributed by atoms with Crippen molar-refractivity contribution < 1.29 is 10.2 Å². The van der Waals surface area contributed by atoms with Crippen LogP contribution in [-0.4, -0.2) is 10.2 Å². The third-order valence-corrected chi connectivity index (χ3v) is 6.97. The highest BCUT2D eigenvalue weighted by atomic mass is 16.3. The Hall–Kier alpha value is -2.42. The minimum Gasteiger partial charge on any atom is -0.388 e. The topological polar surface area (TPSA) is 40.5 Å². The lowest BCUT2D eigenvalue weighted by molar-refractivity contribution is 0.0251. The van der Waals surface area contributed by atoms with Crippen LogP contribution < -0.4 is 0 Å². The average Bonchev–Trinajstić information content (AvgIpc) is 2.96. The van der Waals surface area contributed by atoms with Crippen molar-refractivity contribution in [2.24, 2.45) is 5.92 Å². The molecule has 0 saturated heterocycles. The van der Waals surface area contributed by atoms with Gasteiger partial charge in [0.1, 0.15) is 0 Å². The zero-order valence-electron chi connectivity index (χ0n) is 18.8. The molecule has 0 amide bonds. The van der Waals surface area contributed by atoms with E-state index in [0.29, 0.717) is 0 Å². The fraction of sp³-hybridized carbons (Fsp3) is 0.357. The first kappa shape index (κ1) is 20.8. The maximum absolute atomic E-state index is 11.6. The largest absolute Gasteiger partial charge is 0.388 e. The molecule has 0 aromatic heterocycles. The van der Waals surface area contributed by atoms with E-state index in [2.05, 4.69) is 76.2 Å². The van der Waals surface area contributed by atoms with Crippen molar-refractivity contribution >= 4 is 0 Å². The molecule has 3 aromatic carbocycles. The second-order valence-corrected chi connectivity index (χ2v) is 9.19. The standard InChI is InChI=1S/C28H32O2/c1-15-7-9-17(3)21(13-15)25(22-14-16(2)8-10-18(22)4)26-27(29)23-19(5)11-12-20(6)24(23)28(26)30/h7-14,25-30H,1-6H3. The number of aliphatic hydroxyl groups excluding tert-OH is 2. The monoisotopic (exact) mass is 400 g/mol. The zero-order valence-corrected chi connectivity index (χ0v) is 18.8. The predicted molar refractivity (Wildman–Crippen MR) is 123 cm³/mol. The summed E-state index contributed by atoms with van der Waals surface area (Å²) in [6.45, 7) is 12.5. The van der Waals surface area contributed by atoms with E-state index in [0.717, 1.165) is 22.3 Å². The summed E-state index contributed by atoms with van der Waals surface area (Å²) in [4.78, 5) is 0. The van der Waals surface area contributed by atoms with Crippen molar-refractivity contribution in [1.29, 1.82) is 0 Å². The van der Waals surface area contributed by atoms with Gasteiger partial charge in [0.2, 0.25) is 0 Å². The van der Waals surface area contributed by atoms with Crippen molar-refractivity contribution in [3.05, 3.63) is 104 Å². The molecule has 0 radical (unpaired) electrons. The molecule has 0 spiro atoms. The molecule has 2 N–H and O–H groups in total. The number of hydrogen-bond acceptors (Lipinski definition) is 2. The lowest BCUT2D eigenvalue weighted by atomic mass is 9.73. The van der Waals surface area contributed by atoms with Crippen LogP contribution in [0.3, 0.4) is 0 Å². The number of fused-ring (bicyclic) bond motifs is 1. The molecule has 0 saturated carbocycles. The predicted octanol–water partition coefficient (Wildman–Crippen LogP) is 6.07. The Bertz CT molecular complexity index is 1030. The molecule has 1 aliphatic carbocycles. The second kappa shape index (κ2) is 7.68. The first-order valence-corrected chi connectivity index (χ1v) is 10.8. The van der Waals surface area contributed by atoms with Crippen molar-refractivity contribution in [2.45, 2.75) is 59.7 Å². The summed E-state index contributed by atoms with van der Waals surface area (Å²) in [7, 11) is 0. The van der Waals surface area contributed by atoms with Gasteiger partial charge in [-0.2, -0.15) is 0 Å². The molecule has 30 heavy (non-hydrogen) atoms. The molecule has 2 unspecified atom stereocenters. The van der Waals surface area contributed by atoms with Crippen molar-refractivity contribution in [2.75, 3.05) is 0 Å². The molecule has 0 bridgehead atoms. The van der Waals surface area contributed by atoms with Crippen LogP contribution in [0, 0.1) is 47.5 Å². The third kappa shape index (κ3) is 3.29. The Kier molecular flexibility index (Phi) is 5.34. The Morgan fingerprint density at radius 3 is 1.33 bits per heavy atom. The van der Waals surface area contributed by atoms with Gasteiger partial charge in [-0.3, -0.25) is 0 Å². The number of rotatable bonds is 3. The van der Waals surface area contributed by atoms with Crippen LogP contribution in [-0.2, 0) is 0 Å². The Morgan fingerprint density at radius 2 is 0.933 bits per heavy atom. The zero-order chi connectivity index (χ0) is 21.7. The smallest absolute Gasteiger partial charge is 0.0861 e. The molecule has 0 fully saturated rings. The van der Waals surface area contributed by atoms with Gasteiger partial charge in [0.05, 0.1) is 12.2 Å². The van der Waals surface area contributed by atoms with E-state index in [1.807, 2.05) is 13.8 Å². The fourth-order valence-electron chi connectivity index (χ4n) is 5.33. The van der Waals surface area contributed by atoms with Crippen LogP contribution in [0.4, 0.5) is 0 Å². The summed E-state index contributed by atoms with van der Waals surface area (Å²) in [5, 5.41) is 23.1. The molecule has 156 valence electrons. The van der Waals surface area contributed by atoms with E-state index in [9.17, 15) is 10.2 Å². The van der Waals surface area contributed by atoms with Gasteiger partial charge in [0, 0.05) is 11.8 Å². The van der Waals surface area contributed by atoms with E-state index in [1.165, 1.54) is 33.4 Å². The van der Waals surface area contributed by atoms with Gasteiger partial charge in [-0.1, -0.05) is 59.7 Å².